The van der Waals surface area contributed by atoms with Gasteiger partial charge in [-0.3, -0.25) is 0 Å². The zero-order valence-electron chi connectivity index (χ0n) is 13.2. The zero-order valence-corrected chi connectivity index (χ0v) is 13.2. The molecule has 0 spiro atoms. The molecule has 112 valence electrons. The molecule has 0 aliphatic heterocycles. The third kappa shape index (κ3) is 4.52. The van der Waals surface area contributed by atoms with Crippen molar-refractivity contribution in [2.45, 2.75) is 58.4 Å². The van der Waals surface area contributed by atoms with Crippen LogP contribution in [0.25, 0.3) is 0 Å². The Kier molecular flexibility index (Phi) is 5.90. The molecule has 0 heterocycles. The number of rotatable bonds is 9. The van der Waals surface area contributed by atoms with E-state index in [9.17, 15) is 0 Å². The van der Waals surface area contributed by atoms with Crippen molar-refractivity contribution in [1.82, 2.24) is 5.32 Å². The van der Waals surface area contributed by atoms with E-state index < -0.39 is 0 Å². The Hall–Kier alpha value is -1.02. The molecule has 20 heavy (non-hydrogen) atoms. The maximum atomic E-state index is 5.54. The Labute approximate surface area is 123 Å². The Morgan fingerprint density at radius 1 is 1.20 bits per heavy atom. The van der Waals surface area contributed by atoms with Crippen LogP contribution in [0.4, 0.5) is 0 Å². The van der Waals surface area contributed by atoms with Gasteiger partial charge in [-0.05, 0) is 49.3 Å². The van der Waals surface area contributed by atoms with Crippen LogP contribution in [-0.4, -0.2) is 19.2 Å². The molecule has 0 bridgehead atoms. The van der Waals surface area contributed by atoms with E-state index in [4.69, 9.17) is 4.74 Å². The maximum Gasteiger partial charge on any atom is 0.119 e. The van der Waals surface area contributed by atoms with Crippen LogP contribution in [-0.2, 0) is 0 Å². The summed E-state index contributed by atoms with van der Waals surface area (Å²) in [7, 11) is 0. The molecular formula is C18H29NO. The first kappa shape index (κ1) is 15.4. The summed E-state index contributed by atoms with van der Waals surface area (Å²) in [6.45, 7) is 8.54. The van der Waals surface area contributed by atoms with Gasteiger partial charge in [-0.1, -0.05) is 38.8 Å². The van der Waals surface area contributed by atoms with Crippen LogP contribution in [0.5, 0.6) is 5.75 Å². The summed E-state index contributed by atoms with van der Waals surface area (Å²) in [6.07, 6.45) is 5.28. The van der Waals surface area contributed by atoms with Crippen molar-refractivity contribution >= 4 is 0 Å². The molecule has 1 aromatic carbocycles. The Morgan fingerprint density at radius 3 is 2.45 bits per heavy atom. The van der Waals surface area contributed by atoms with Crippen molar-refractivity contribution in [1.29, 1.82) is 0 Å². The zero-order chi connectivity index (χ0) is 14.4. The van der Waals surface area contributed by atoms with Crippen LogP contribution in [0, 0.1) is 5.92 Å². The molecular weight excluding hydrogens is 246 g/mol. The summed E-state index contributed by atoms with van der Waals surface area (Å²) >= 11 is 0. The van der Waals surface area contributed by atoms with Gasteiger partial charge >= 0.3 is 0 Å². The smallest absolute Gasteiger partial charge is 0.119 e. The van der Waals surface area contributed by atoms with Gasteiger partial charge in [0.25, 0.3) is 0 Å². The lowest BCUT2D eigenvalue weighted by atomic mass is 9.84. The minimum Gasteiger partial charge on any atom is -0.494 e. The Bertz CT molecular complexity index is 383. The van der Waals surface area contributed by atoms with Gasteiger partial charge in [-0.2, -0.15) is 0 Å². The van der Waals surface area contributed by atoms with Gasteiger partial charge in [-0.15, -0.1) is 0 Å². The predicted molar refractivity (Wildman–Crippen MR) is 85.4 cm³/mol. The second-order valence-electron chi connectivity index (χ2n) is 6.06. The van der Waals surface area contributed by atoms with E-state index in [1.807, 2.05) is 6.92 Å². The molecule has 2 rings (SSSR count). The average molecular weight is 275 g/mol. The van der Waals surface area contributed by atoms with Crippen molar-refractivity contribution in [3.63, 3.8) is 0 Å². The van der Waals surface area contributed by atoms with Gasteiger partial charge in [0, 0.05) is 12.6 Å². The van der Waals surface area contributed by atoms with Gasteiger partial charge in [0.2, 0.25) is 0 Å². The molecule has 1 aliphatic carbocycles. The number of hydrogen-bond acceptors (Lipinski definition) is 2. The molecule has 1 aromatic rings. The lowest BCUT2D eigenvalue weighted by Gasteiger charge is -2.25. The van der Waals surface area contributed by atoms with E-state index in [-0.39, 0.29) is 0 Å². The molecule has 1 fully saturated rings. The summed E-state index contributed by atoms with van der Waals surface area (Å²) in [4.78, 5) is 0. The second kappa shape index (κ2) is 7.68. The van der Waals surface area contributed by atoms with Crippen molar-refractivity contribution < 1.29 is 4.74 Å². The first-order valence-electron chi connectivity index (χ1n) is 8.20. The minimum atomic E-state index is 0.617. The molecule has 2 heteroatoms. The summed E-state index contributed by atoms with van der Waals surface area (Å²) in [5, 5.41) is 3.70. The number of benzene rings is 1. The van der Waals surface area contributed by atoms with Gasteiger partial charge in [0.05, 0.1) is 6.61 Å². The highest BCUT2D eigenvalue weighted by Crippen LogP contribution is 2.30. The van der Waals surface area contributed by atoms with Crippen LogP contribution in [0.1, 0.15) is 57.9 Å². The van der Waals surface area contributed by atoms with Crippen molar-refractivity contribution in [3.05, 3.63) is 29.8 Å². The van der Waals surface area contributed by atoms with E-state index in [2.05, 4.69) is 43.4 Å². The number of hydrogen-bond donors (Lipinski definition) is 1. The average Bonchev–Trinajstić information content (AvgIpc) is 3.26. The quantitative estimate of drug-likeness (QED) is 0.723. The van der Waals surface area contributed by atoms with Crippen molar-refractivity contribution in [2.24, 2.45) is 5.92 Å². The Morgan fingerprint density at radius 2 is 1.90 bits per heavy atom. The third-order valence-electron chi connectivity index (χ3n) is 4.25. The highest BCUT2D eigenvalue weighted by atomic mass is 16.5. The van der Waals surface area contributed by atoms with Crippen LogP contribution in [0.2, 0.25) is 0 Å². The van der Waals surface area contributed by atoms with E-state index in [1.54, 1.807) is 0 Å². The largest absolute Gasteiger partial charge is 0.494 e. The second-order valence-corrected chi connectivity index (χ2v) is 6.06. The van der Waals surface area contributed by atoms with Crippen molar-refractivity contribution in [2.75, 3.05) is 13.2 Å². The third-order valence-corrected chi connectivity index (χ3v) is 4.25. The molecule has 1 aliphatic rings. The maximum absolute atomic E-state index is 5.54. The highest BCUT2D eigenvalue weighted by Gasteiger charge is 2.24. The lowest BCUT2D eigenvalue weighted by molar-refractivity contribution is 0.339. The van der Waals surface area contributed by atoms with E-state index >= 15 is 0 Å². The standard InChI is InChI=1S/C18H29NO/c1-4-6-14(3)18(13-19-16-9-10-16)15-7-11-17(12-8-15)20-5-2/h7-8,11-12,14,16,18-19H,4-6,9-10,13H2,1-3H3. The summed E-state index contributed by atoms with van der Waals surface area (Å²) < 4.78 is 5.54. The molecule has 1 N–H and O–H groups in total. The van der Waals surface area contributed by atoms with E-state index in [1.165, 1.54) is 31.2 Å². The molecule has 0 aromatic heterocycles. The first-order chi connectivity index (χ1) is 9.74. The SMILES string of the molecule is CCCC(C)C(CNC1CC1)c1ccc(OCC)cc1. The molecule has 2 nitrogen and oxygen atoms in total. The molecule has 0 radical (unpaired) electrons. The van der Waals surface area contributed by atoms with Crippen LogP contribution < -0.4 is 10.1 Å². The van der Waals surface area contributed by atoms with Gasteiger partial charge in [-0.25, -0.2) is 0 Å². The fourth-order valence-electron chi connectivity index (χ4n) is 2.86. The monoisotopic (exact) mass is 275 g/mol. The van der Waals surface area contributed by atoms with Gasteiger partial charge in [0.15, 0.2) is 0 Å². The summed E-state index contributed by atoms with van der Waals surface area (Å²) in [5.74, 6) is 2.32. The summed E-state index contributed by atoms with van der Waals surface area (Å²) in [5.41, 5.74) is 1.45. The Balaban J connectivity index is 2.02. The lowest BCUT2D eigenvalue weighted by Crippen LogP contribution is -2.27. The highest BCUT2D eigenvalue weighted by molar-refractivity contribution is 5.30. The van der Waals surface area contributed by atoms with Crippen molar-refractivity contribution in [3.8, 4) is 5.75 Å². The fourth-order valence-corrected chi connectivity index (χ4v) is 2.86. The first-order valence-corrected chi connectivity index (χ1v) is 8.20. The molecule has 0 saturated heterocycles. The minimum absolute atomic E-state index is 0.617. The molecule has 0 amide bonds. The van der Waals surface area contributed by atoms with Gasteiger partial charge < -0.3 is 10.1 Å². The van der Waals surface area contributed by atoms with E-state index in [0.29, 0.717) is 5.92 Å². The van der Waals surface area contributed by atoms with Crippen LogP contribution in [0.3, 0.4) is 0 Å². The van der Waals surface area contributed by atoms with E-state index in [0.717, 1.165) is 30.9 Å². The molecule has 2 atom stereocenters. The number of nitrogens with one attached hydrogen (secondary N) is 1. The molecule has 2 unspecified atom stereocenters. The van der Waals surface area contributed by atoms with Gasteiger partial charge in [0.1, 0.15) is 5.75 Å². The summed E-state index contributed by atoms with van der Waals surface area (Å²) in [6, 6.07) is 9.50. The number of ether oxygens (including phenoxy) is 1. The molecule has 1 saturated carbocycles. The predicted octanol–water partition coefficient (Wildman–Crippen LogP) is 4.36. The van der Waals surface area contributed by atoms with Crippen LogP contribution in [0.15, 0.2) is 24.3 Å². The normalized spacial score (nSPS) is 17.8. The topological polar surface area (TPSA) is 21.3 Å². The fraction of sp³-hybridized carbons (Fsp3) is 0.667. The van der Waals surface area contributed by atoms with Crippen LogP contribution >= 0.6 is 0 Å².